The summed E-state index contributed by atoms with van der Waals surface area (Å²) in [5, 5.41) is 1.72. The quantitative estimate of drug-likeness (QED) is 0.463. The molecule has 0 bridgehead atoms. The molecule has 1 fully saturated rings. The largest absolute Gasteiger partial charge is 0.373 e. The van der Waals surface area contributed by atoms with Crippen LogP contribution in [0, 0.1) is 0 Å². The van der Waals surface area contributed by atoms with E-state index in [2.05, 4.69) is 9.88 Å². The Hall–Kier alpha value is -2.48. The van der Waals surface area contributed by atoms with Gasteiger partial charge in [-0.2, -0.15) is 0 Å². The van der Waals surface area contributed by atoms with Crippen LogP contribution in [0.5, 0.6) is 0 Å². The zero-order chi connectivity index (χ0) is 20.9. The van der Waals surface area contributed by atoms with E-state index in [-0.39, 0.29) is 5.56 Å². The molecule has 6 rings (SSSR count). The summed E-state index contributed by atoms with van der Waals surface area (Å²) < 4.78 is 7.83. The van der Waals surface area contributed by atoms with Gasteiger partial charge in [-0.1, -0.05) is 29.0 Å². The van der Waals surface area contributed by atoms with Crippen LogP contribution in [0.2, 0.25) is 5.02 Å². The maximum Gasteiger partial charge on any atom is 0.279 e. The zero-order valence-corrected chi connectivity index (χ0v) is 18.6. The lowest BCUT2D eigenvalue weighted by atomic mass is 9.90. The molecule has 0 unspecified atom stereocenters. The molecule has 4 heterocycles. The minimum absolute atomic E-state index is 0.0562. The van der Waals surface area contributed by atoms with Gasteiger partial charge in [0, 0.05) is 10.6 Å². The van der Waals surface area contributed by atoms with E-state index < -0.39 is 0 Å². The monoisotopic (exact) mass is 453 g/mol. The lowest BCUT2D eigenvalue weighted by Gasteiger charge is -2.25. The molecule has 0 spiro atoms. The Morgan fingerprint density at radius 1 is 1.13 bits per heavy atom. The van der Waals surface area contributed by atoms with Crippen LogP contribution in [0.15, 0.2) is 35.4 Å². The Morgan fingerprint density at radius 2 is 1.94 bits per heavy atom. The molecule has 1 aromatic carbocycles. The number of benzene rings is 1. The van der Waals surface area contributed by atoms with Gasteiger partial charge in [-0.05, 0) is 49.4 Å². The maximum atomic E-state index is 13.4. The number of thiophene rings is 1. The highest BCUT2D eigenvalue weighted by Gasteiger charge is 2.30. The van der Waals surface area contributed by atoms with Crippen molar-refractivity contribution in [3.63, 3.8) is 0 Å². The van der Waals surface area contributed by atoms with Crippen molar-refractivity contribution in [3.05, 3.63) is 57.1 Å². The van der Waals surface area contributed by atoms with Gasteiger partial charge in [0.25, 0.3) is 11.4 Å². The van der Waals surface area contributed by atoms with E-state index in [4.69, 9.17) is 21.3 Å². The van der Waals surface area contributed by atoms with Crippen molar-refractivity contribution in [3.8, 4) is 5.69 Å². The number of anilines is 1. The Labute approximate surface area is 188 Å². The molecule has 6 nitrogen and oxygen atoms in total. The van der Waals surface area contributed by atoms with Crippen molar-refractivity contribution in [1.29, 1.82) is 0 Å². The van der Waals surface area contributed by atoms with Gasteiger partial charge in [0.1, 0.15) is 29.6 Å². The summed E-state index contributed by atoms with van der Waals surface area (Å²) in [5.74, 6) is 1.20. The first-order valence-corrected chi connectivity index (χ1v) is 11.9. The number of pyridine rings is 1. The molecule has 0 atom stereocenters. The summed E-state index contributed by atoms with van der Waals surface area (Å²) in [6, 6.07) is 7.31. The minimum atomic E-state index is -0.0562. The van der Waals surface area contributed by atoms with Crippen molar-refractivity contribution in [2.75, 3.05) is 31.2 Å². The Kier molecular flexibility index (Phi) is 4.70. The summed E-state index contributed by atoms with van der Waals surface area (Å²) in [6.45, 7) is 3.27. The number of rotatable bonds is 2. The van der Waals surface area contributed by atoms with Crippen LogP contribution in [0.3, 0.4) is 0 Å². The van der Waals surface area contributed by atoms with Crippen molar-refractivity contribution in [2.45, 2.75) is 25.7 Å². The van der Waals surface area contributed by atoms with E-state index in [1.165, 1.54) is 41.1 Å². The number of morpholine rings is 1. The average Bonchev–Trinajstić information content (AvgIpc) is 3.19. The molecule has 0 radical (unpaired) electrons. The predicted molar refractivity (Wildman–Crippen MR) is 124 cm³/mol. The van der Waals surface area contributed by atoms with Gasteiger partial charge in [-0.25, -0.2) is 9.97 Å². The fourth-order valence-corrected chi connectivity index (χ4v) is 6.12. The first-order valence-electron chi connectivity index (χ1n) is 10.7. The number of hydrogen-bond acceptors (Lipinski definition) is 5. The number of ether oxygens (including phenoxy) is 1. The van der Waals surface area contributed by atoms with E-state index in [9.17, 15) is 4.79 Å². The molecular weight excluding hydrogens is 432 g/mol. The fourth-order valence-electron chi connectivity index (χ4n) is 4.83. The third-order valence-electron chi connectivity index (χ3n) is 6.30. The summed E-state index contributed by atoms with van der Waals surface area (Å²) >= 11 is 7.66. The predicted octanol–water partition coefficient (Wildman–Crippen LogP) is 3.78. The maximum absolute atomic E-state index is 13.4. The topological polar surface area (TPSA) is 61.5 Å². The highest BCUT2D eigenvalue weighted by Crippen LogP contribution is 2.38. The van der Waals surface area contributed by atoms with Gasteiger partial charge >= 0.3 is 0 Å². The highest BCUT2D eigenvalue weighted by atomic mass is 35.5. The van der Waals surface area contributed by atoms with Crippen LogP contribution >= 0.6 is 22.9 Å². The van der Waals surface area contributed by atoms with Crippen molar-refractivity contribution in [2.24, 2.45) is 0 Å². The smallest absolute Gasteiger partial charge is 0.279 e. The molecular formula is C23H22ClN4O2S+. The molecule has 2 aliphatic rings. The summed E-state index contributed by atoms with van der Waals surface area (Å²) in [5.41, 5.74) is 4.23. The number of hydrogen-bond donors (Lipinski definition) is 0. The molecule has 1 N–H and O–H groups in total. The molecule has 158 valence electrons. The summed E-state index contributed by atoms with van der Waals surface area (Å²) in [7, 11) is 0. The SMILES string of the molecule is O=c1c2sc3[nH+]c(N4CCOCC4)c4c(c3c2ncn1-c1cccc(Cl)c1)CCCC4. The van der Waals surface area contributed by atoms with Gasteiger partial charge in [0.05, 0.1) is 24.3 Å². The molecule has 1 aliphatic carbocycles. The van der Waals surface area contributed by atoms with Gasteiger partial charge in [-0.3, -0.25) is 14.3 Å². The van der Waals surface area contributed by atoms with Crippen LogP contribution in [0.1, 0.15) is 24.0 Å². The Bertz CT molecular complexity index is 1370. The summed E-state index contributed by atoms with van der Waals surface area (Å²) in [6.07, 6.45) is 6.09. The van der Waals surface area contributed by atoms with E-state index in [1.807, 2.05) is 12.1 Å². The van der Waals surface area contributed by atoms with Gasteiger partial charge in [0.2, 0.25) is 0 Å². The molecule has 4 aromatic rings. The number of fused-ring (bicyclic) bond motifs is 5. The minimum Gasteiger partial charge on any atom is -0.373 e. The molecule has 0 amide bonds. The number of H-pyrrole nitrogens is 1. The number of aromatic nitrogens is 3. The van der Waals surface area contributed by atoms with Crippen molar-refractivity contribution >= 4 is 49.2 Å². The molecule has 31 heavy (non-hydrogen) atoms. The molecule has 0 saturated carbocycles. The molecule has 1 aliphatic heterocycles. The lowest BCUT2D eigenvalue weighted by molar-refractivity contribution is -0.328. The van der Waals surface area contributed by atoms with Crippen LogP contribution in [0.25, 0.3) is 26.1 Å². The molecule has 1 saturated heterocycles. The first-order chi connectivity index (χ1) is 15.2. The first kappa shape index (κ1) is 19.2. The number of halogens is 1. The van der Waals surface area contributed by atoms with E-state index in [0.29, 0.717) is 9.72 Å². The number of aromatic amines is 1. The highest BCUT2D eigenvalue weighted by molar-refractivity contribution is 7.25. The van der Waals surface area contributed by atoms with Crippen LogP contribution in [0.4, 0.5) is 5.82 Å². The second-order valence-corrected chi connectivity index (χ2v) is 9.58. The van der Waals surface area contributed by atoms with Gasteiger partial charge in [0.15, 0.2) is 4.83 Å². The average molecular weight is 454 g/mol. The van der Waals surface area contributed by atoms with Gasteiger partial charge < -0.3 is 4.74 Å². The van der Waals surface area contributed by atoms with Crippen LogP contribution in [-0.2, 0) is 17.6 Å². The van der Waals surface area contributed by atoms with Crippen molar-refractivity contribution < 1.29 is 9.72 Å². The summed E-state index contributed by atoms with van der Waals surface area (Å²) in [4.78, 5) is 25.3. The zero-order valence-electron chi connectivity index (χ0n) is 17.0. The van der Waals surface area contributed by atoms with E-state index in [0.717, 1.165) is 60.6 Å². The Balaban J connectivity index is 1.60. The van der Waals surface area contributed by atoms with E-state index in [1.54, 1.807) is 23.0 Å². The fraction of sp³-hybridized carbons (Fsp3) is 0.348. The van der Waals surface area contributed by atoms with Crippen LogP contribution < -0.4 is 15.4 Å². The standard InChI is InChI=1S/C23H21ClN4O2S/c24-14-4-3-5-15(12-14)28-13-25-19-18-16-6-1-2-7-17(16)21(27-8-10-30-11-9-27)26-22(18)31-20(19)23(28)29/h3-5,12-13H,1-2,6-11H2/p+1. The van der Waals surface area contributed by atoms with Crippen molar-refractivity contribution in [1.82, 2.24) is 9.55 Å². The van der Waals surface area contributed by atoms with Gasteiger partial charge in [-0.15, -0.1) is 0 Å². The van der Waals surface area contributed by atoms with Crippen LogP contribution in [-0.4, -0.2) is 35.9 Å². The molecule has 3 aromatic heterocycles. The van der Waals surface area contributed by atoms with E-state index >= 15 is 0 Å². The molecule has 8 heteroatoms. The lowest BCUT2D eigenvalue weighted by Crippen LogP contribution is -2.40. The second-order valence-electron chi connectivity index (χ2n) is 8.12. The Morgan fingerprint density at radius 3 is 2.74 bits per heavy atom. The third kappa shape index (κ3) is 3.14. The number of nitrogens with one attached hydrogen (secondary N) is 1. The number of aryl methyl sites for hydroxylation is 1. The second kappa shape index (κ2) is 7.58. The normalized spacial score (nSPS) is 16.7. The third-order valence-corrected chi connectivity index (χ3v) is 7.62. The number of nitrogens with zero attached hydrogens (tertiary/aromatic N) is 3.